The Balaban J connectivity index is 2.19. The number of hydrogen-bond acceptors (Lipinski definition) is 4. The maximum atomic E-state index is 11.5. The zero-order valence-electron chi connectivity index (χ0n) is 9.60. The number of primary amides is 1. The van der Waals surface area contributed by atoms with Crippen LogP contribution < -0.4 is 11.1 Å². The van der Waals surface area contributed by atoms with Crippen molar-refractivity contribution >= 4 is 23.6 Å². The molecule has 2 amide bonds. The lowest BCUT2D eigenvalue weighted by Gasteiger charge is -2.11. The third kappa shape index (κ3) is 5.39. The first kappa shape index (κ1) is 13.6. The Morgan fingerprint density at radius 3 is 3.00 bits per heavy atom. The maximum Gasteiger partial charge on any atom is 0.227 e. The summed E-state index contributed by atoms with van der Waals surface area (Å²) in [6, 6.07) is -0.140. The summed E-state index contributed by atoms with van der Waals surface area (Å²) in [7, 11) is 0. The van der Waals surface area contributed by atoms with Gasteiger partial charge in [0.05, 0.1) is 11.8 Å². The molecule has 4 N–H and O–H groups in total. The molecule has 17 heavy (non-hydrogen) atoms. The van der Waals surface area contributed by atoms with Gasteiger partial charge in [-0.25, -0.2) is 4.98 Å². The lowest BCUT2D eigenvalue weighted by molar-refractivity contribution is -0.121. The molecule has 1 unspecified atom stereocenters. The van der Waals surface area contributed by atoms with Gasteiger partial charge in [-0.2, -0.15) is 11.8 Å². The normalized spacial score (nSPS) is 12.1. The Morgan fingerprint density at radius 1 is 1.65 bits per heavy atom. The number of thioether (sulfide) groups is 1. The fraction of sp³-hybridized carbons (Fsp3) is 0.500. The van der Waals surface area contributed by atoms with Crippen LogP contribution in [-0.2, 0) is 9.59 Å². The topological polar surface area (TPSA) is 101 Å². The van der Waals surface area contributed by atoms with Crippen LogP contribution in [0.5, 0.6) is 0 Å². The van der Waals surface area contributed by atoms with Crippen molar-refractivity contribution in [3.8, 4) is 0 Å². The summed E-state index contributed by atoms with van der Waals surface area (Å²) >= 11 is 1.36. The Labute approximate surface area is 104 Å². The van der Waals surface area contributed by atoms with Crippen molar-refractivity contribution in [3.63, 3.8) is 0 Å². The van der Waals surface area contributed by atoms with E-state index in [1.807, 2.05) is 6.92 Å². The number of imidazole rings is 1. The Kier molecular flexibility index (Phi) is 5.55. The first-order valence-electron chi connectivity index (χ1n) is 5.24. The molecule has 0 aliphatic carbocycles. The molecule has 1 rings (SSSR count). The van der Waals surface area contributed by atoms with Crippen LogP contribution in [0.3, 0.4) is 0 Å². The van der Waals surface area contributed by atoms with Crippen LogP contribution in [0.15, 0.2) is 12.4 Å². The molecule has 7 heteroatoms. The van der Waals surface area contributed by atoms with E-state index in [4.69, 9.17) is 5.73 Å². The number of nitrogens with zero attached hydrogens (tertiary/aromatic N) is 1. The number of aromatic amines is 1. The fourth-order valence-electron chi connectivity index (χ4n) is 1.23. The number of nitrogens with one attached hydrogen (secondary N) is 2. The van der Waals surface area contributed by atoms with Gasteiger partial charge >= 0.3 is 0 Å². The molecular weight excluding hydrogens is 240 g/mol. The largest absolute Gasteiger partial charge is 0.369 e. The summed E-state index contributed by atoms with van der Waals surface area (Å²) in [6.45, 7) is 1.85. The molecule has 0 saturated heterocycles. The lowest BCUT2D eigenvalue weighted by atomic mass is 10.3. The lowest BCUT2D eigenvalue weighted by Crippen LogP contribution is -2.27. The van der Waals surface area contributed by atoms with Crippen molar-refractivity contribution in [1.29, 1.82) is 0 Å². The summed E-state index contributed by atoms with van der Waals surface area (Å²) < 4.78 is 0. The predicted octanol–water partition coefficient (Wildman–Crippen LogP) is 0.195. The minimum absolute atomic E-state index is 0.0640. The maximum absolute atomic E-state index is 11.5. The monoisotopic (exact) mass is 256 g/mol. The van der Waals surface area contributed by atoms with Crippen LogP contribution in [0, 0.1) is 0 Å². The average Bonchev–Trinajstić information content (AvgIpc) is 2.77. The second-order valence-electron chi connectivity index (χ2n) is 3.53. The summed E-state index contributed by atoms with van der Waals surface area (Å²) in [5.74, 6) is 1.13. The third-order valence-electron chi connectivity index (χ3n) is 2.02. The molecule has 1 heterocycles. The van der Waals surface area contributed by atoms with Gasteiger partial charge in [0, 0.05) is 24.6 Å². The molecule has 1 aromatic rings. The van der Waals surface area contributed by atoms with Crippen molar-refractivity contribution in [3.05, 3.63) is 18.2 Å². The molecule has 0 aliphatic rings. The highest BCUT2D eigenvalue weighted by molar-refractivity contribution is 7.99. The van der Waals surface area contributed by atoms with Crippen LogP contribution in [0.1, 0.15) is 25.2 Å². The molecule has 1 atom stereocenters. The highest BCUT2D eigenvalue weighted by Crippen LogP contribution is 2.06. The molecule has 0 spiro atoms. The molecule has 0 bridgehead atoms. The van der Waals surface area contributed by atoms with Gasteiger partial charge < -0.3 is 16.0 Å². The standard InChI is InChI=1S/C10H16N4O2S/c1-7(10-12-3-4-13-10)14-9(16)2-5-17-6-8(11)15/h3-4,7H,2,5-6H2,1H3,(H2,11,15)(H,12,13)(H,14,16). The molecule has 1 aromatic heterocycles. The van der Waals surface area contributed by atoms with E-state index in [1.165, 1.54) is 11.8 Å². The first-order chi connectivity index (χ1) is 8.09. The van der Waals surface area contributed by atoms with Crippen LogP contribution in [0.2, 0.25) is 0 Å². The van der Waals surface area contributed by atoms with Crippen LogP contribution in [-0.4, -0.2) is 33.3 Å². The van der Waals surface area contributed by atoms with E-state index in [0.29, 0.717) is 12.2 Å². The van der Waals surface area contributed by atoms with E-state index in [-0.39, 0.29) is 23.6 Å². The van der Waals surface area contributed by atoms with Crippen molar-refractivity contribution < 1.29 is 9.59 Å². The summed E-state index contributed by atoms with van der Waals surface area (Å²) in [4.78, 5) is 29.0. The number of hydrogen-bond donors (Lipinski definition) is 3. The molecular formula is C10H16N4O2S. The average molecular weight is 256 g/mol. The molecule has 94 valence electrons. The number of nitrogens with two attached hydrogens (primary N) is 1. The van der Waals surface area contributed by atoms with E-state index in [9.17, 15) is 9.59 Å². The van der Waals surface area contributed by atoms with Crippen LogP contribution >= 0.6 is 11.8 Å². The van der Waals surface area contributed by atoms with Gasteiger partial charge in [-0.3, -0.25) is 9.59 Å². The Hall–Kier alpha value is -1.50. The van der Waals surface area contributed by atoms with E-state index >= 15 is 0 Å². The van der Waals surface area contributed by atoms with Gasteiger partial charge in [0.25, 0.3) is 0 Å². The number of carbonyl (C=O) groups excluding carboxylic acids is 2. The zero-order chi connectivity index (χ0) is 12.7. The molecule has 0 radical (unpaired) electrons. The number of carbonyl (C=O) groups is 2. The molecule has 6 nitrogen and oxygen atoms in total. The number of rotatable bonds is 7. The highest BCUT2D eigenvalue weighted by atomic mass is 32.2. The van der Waals surface area contributed by atoms with E-state index in [1.54, 1.807) is 12.4 Å². The first-order valence-corrected chi connectivity index (χ1v) is 6.39. The number of H-pyrrole nitrogens is 1. The second-order valence-corrected chi connectivity index (χ2v) is 4.64. The van der Waals surface area contributed by atoms with Gasteiger partial charge in [-0.1, -0.05) is 0 Å². The van der Waals surface area contributed by atoms with Crippen molar-refractivity contribution in [2.75, 3.05) is 11.5 Å². The molecule has 0 saturated carbocycles. The smallest absolute Gasteiger partial charge is 0.227 e. The van der Waals surface area contributed by atoms with Gasteiger partial charge in [-0.05, 0) is 6.92 Å². The molecule has 0 aromatic carbocycles. The minimum Gasteiger partial charge on any atom is -0.369 e. The van der Waals surface area contributed by atoms with Crippen LogP contribution in [0.25, 0.3) is 0 Å². The highest BCUT2D eigenvalue weighted by Gasteiger charge is 2.10. The SMILES string of the molecule is CC(NC(=O)CCSCC(N)=O)c1ncc[nH]1. The molecule has 0 aliphatic heterocycles. The number of amides is 2. The predicted molar refractivity (Wildman–Crippen MR) is 66.3 cm³/mol. The molecule has 0 fully saturated rings. The Morgan fingerprint density at radius 2 is 2.41 bits per heavy atom. The minimum atomic E-state index is -0.362. The van der Waals surface area contributed by atoms with Gasteiger partial charge in [-0.15, -0.1) is 0 Å². The van der Waals surface area contributed by atoms with Gasteiger partial charge in [0.15, 0.2) is 0 Å². The van der Waals surface area contributed by atoms with Gasteiger partial charge in [0.1, 0.15) is 5.82 Å². The van der Waals surface area contributed by atoms with E-state index in [0.717, 1.165) is 5.82 Å². The number of aromatic nitrogens is 2. The van der Waals surface area contributed by atoms with Gasteiger partial charge in [0.2, 0.25) is 11.8 Å². The van der Waals surface area contributed by atoms with Crippen molar-refractivity contribution in [1.82, 2.24) is 15.3 Å². The van der Waals surface area contributed by atoms with E-state index < -0.39 is 0 Å². The summed E-state index contributed by atoms with van der Waals surface area (Å²) in [5, 5.41) is 2.81. The quantitative estimate of drug-likeness (QED) is 0.606. The van der Waals surface area contributed by atoms with E-state index in [2.05, 4.69) is 15.3 Å². The summed E-state index contributed by atoms with van der Waals surface area (Å²) in [6.07, 6.45) is 3.71. The zero-order valence-corrected chi connectivity index (χ0v) is 10.4. The fourth-order valence-corrected chi connectivity index (χ4v) is 1.91. The Bertz CT molecular complexity index is 366. The van der Waals surface area contributed by atoms with Crippen LogP contribution in [0.4, 0.5) is 0 Å². The second kappa shape index (κ2) is 6.95. The third-order valence-corrected chi connectivity index (χ3v) is 3.01. The summed E-state index contributed by atoms with van der Waals surface area (Å²) in [5.41, 5.74) is 4.98. The van der Waals surface area contributed by atoms with Crippen molar-refractivity contribution in [2.45, 2.75) is 19.4 Å². The van der Waals surface area contributed by atoms with Crippen molar-refractivity contribution in [2.24, 2.45) is 5.73 Å².